The number of nitrogens with one attached hydrogen (secondary N) is 1. The van der Waals surface area contributed by atoms with Crippen molar-refractivity contribution >= 4 is 23.0 Å². The Morgan fingerprint density at radius 2 is 2.38 bits per heavy atom. The van der Waals surface area contributed by atoms with E-state index in [1.54, 1.807) is 19.4 Å². The number of ether oxygens (including phenoxy) is 1. The molecular formula is C8H11N3OS. The van der Waals surface area contributed by atoms with Crippen molar-refractivity contribution in [2.24, 2.45) is 5.73 Å². The standard InChI is InChI=1S/C8H11N3OS/c1-5-3-7(12-2)10-4-6(5)11-8(9)13/h3-4H,1-2H3,(H3,9,11,13). The van der Waals surface area contributed by atoms with Crippen molar-refractivity contribution in [3.8, 4) is 5.88 Å². The lowest BCUT2D eigenvalue weighted by atomic mass is 10.2. The summed E-state index contributed by atoms with van der Waals surface area (Å²) in [5.74, 6) is 0.575. The van der Waals surface area contributed by atoms with Gasteiger partial charge in [-0.1, -0.05) is 0 Å². The average Bonchev–Trinajstić information content (AvgIpc) is 2.08. The van der Waals surface area contributed by atoms with Crippen LogP contribution < -0.4 is 15.8 Å². The zero-order valence-corrected chi connectivity index (χ0v) is 8.31. The van der Waals surface area contributed by atoms with Gasteiger partial charge in [0.2, 0.25) is 5.88 Å². The molecule has 70 valence electrons. The van der Waals surface area contributed by atoms with Crippen molar-refractivity contribution in [3.05, 3.63) is 17.8 Å². The molecule has 1 heterocycles. The fourth-order valence-corrected chi connectivity index (χ4v) is 1.02. The van der Waals surface area contributed by atoms with Gasteiger partial charge < -0.3 is 15.8 Å². The van der Waals surface area contributed by atoms with E-state index in [-0.39, 0.29) is 5.11 Å². The summed E-state index contributed by atoms with van der Waals surface area (Å²) in [6.45, 7) is 1.92. The normalized spacial score (nSPS) is 9.38. The maximum absolute atomic E-state index is 5.33. The Labute approximate surface area is 82.1 Å². The summed E-state index contributed by atoms with van der Waals surface area (Å²) in [6, 6.07) is 1.81. The van der Waals surface area contributed by atoms with Crippen LogP contribution in [-0.2, 0) is 0 Å². The Morgan fingerprint density at radius 3 is 2.85 bits per heavy atom. The highest BCUT2D eigenvalue weighted by Gasteiger charge is 2.01. The monoisotopic (exact) mass is 197 g/mol. The molecule has 0 saturated heterocycles. The Kier molecular flexibility index (Phi) is 3.02. The first-order chi connectivity index (χ1) is 6.13. The van der Waals surface area contributed by atoms with Crippen LogP contribution in [0.3, 0.4) is 0 Å². The molecule has 0 atom stereocenters. The molecule has 0 bridgehead atoms. The molecule has 0 aliphatic rings. The number of aromatic nitrogens is 1. The largest absolute Gasteiger partial charge is 0.481 e. The van der Waals surface area contributed by atoms with E-state index in [9.17, 15) is 0 Å². The van der Waals surface area contributed by atoms with Crippen LogP contribution in [0.1, 0.15) is 5.56 Å². The van der Waals surface area contributed by atoms with Crippen LogP contribution >= 0.6 is 12.2 Å². The highest BCUT2D eigenvalue weighted by Crippen LogP contribution is 2.17. The third-order valence-corrected chi connectivity index (χ3v) is 1.65. The SMILES string of the molecule is COc1cc(C)c(NC(N)=S)cn1. The minimum Gasteiger partial charge on any atom is -0.481 e. The lowest BCUT2D eigenvalue weighted by molar-refractivity contribution is 0.397. The van der Waals surface area contributed by atoms with Crippen LogP contribution in [0.15, 0.2) is 12.3 Å². The lowest BCUT2D eigenvalue weighted by Crippen LogP contribution is -2.19. The Hall–Kier alpha value is -1.36. The summed E-state index contributed by atoms with van der Waals surface area (Å²) in [7, 11) is 1.57. The lowest BCUT2D eigenvalue weighted by Gasteiger charge is -2.07. The number of nitrogens with zero attached hydrogens (tertiary/aromatic N) is 1. The van der Waals surface area contributed by atoms with Crippen LogP contribution in [0.2, 0.25) is 0 Å². The number of hydrogen-bond donors (Lipinski definition) is 2. The zero-order chi connectivity index (χ0) is 9.84. The van der Waals surface area contributed by atoms with Crippen molar-refractivity contribution in [2.45, 2.75) is 6.92 Å². The molecule has 13 heavy (non-hydrogen) atoms. The quantitative estimate of drug-likeness (QED) is 0.694. The number of nitrogens with two attached hydrogens (primary N) is 1. The van der Waals surface area contributed by atoms with Gasteiger partial charge in [-0.15, -0.1) is 0 Å². The van der Waals surface area contributed by atoms with Gasteiger partial charge in [0, 0.05) is 6.07 Å². The van der Waals surface area contributed by atoms with Crippen molar-refractivity contribution in [2.75, 3.05) is 12.4 Å². The molecular weight excluding hydrogens is 186 g/mol. The Morgan fingerprint density at radius 1 is 1.69 bits per heavy atom. The minimum atomic E-state index is 0.232. The van der Waals surface area contributed by atoms with Crippen LogP contribution in [0.5, 0.6) is 5.88 Å². The van der Waals surface area contributed by atoms with E-state index in [0.717, 1.165) is 11.3 Å². The molecule has 0 aliphatic heterocycles. The van der Waals surface area contributed by atoms with Gasteiger partial charge in [0.15, 0.2) is 5.11 Å². The van der Waals surface area contributed by atoms with E-state index in [1.807, 2.05) is 6.92 Å². The first kappa shape index (κ1) is 9.73. The summed E-state index contributed by atoms with van der Waals surface area (Å²) in [6.07, 6.45) is 1.63. The second-order valence-electron chi connectivity index (χ2n) is 2.53. The van der Waals surface area contributed by atoms with Gasteiger partial charge in [0.25, 0.3) is 0 Å². The molecule has 0 radical (unpaired) electrons. The molecule has 0 fully saturated rings. The van der Waals surface area contributed by atoms with Gasteiger partial charge in [0.05, 0.1) is 19.0 Å². The van der Waals surface area contributed by atoms with E-state index < -0.39 is 0 Å². The number of aryl methyl sites for hydroxylation is 1. The van der Waals surface area contributed by atoms with Crippen molar-refractivity contribution in [1.29, 1.82) is 0 Å². The number of pyridine rings is 1. The number of hydrogen-bond acceptors (Lipinski definition) is 3. The Balaban J connectivity index is 2.91. The van der Waals surface area contributed by atoms with E-state index in [4.69, 9.17) is 22.7 Å². The van der Waals surface area contributed by atoms with Gasteiger partial charge in [0.1, 0.15) is 0 Å². The molecule has 1 aromatic heterocycles. The molecule has 0 amide bonds. The molecule has 4 nitrogen and oxygen atoms in total. The molecule has 0 aromatic carbocycles. The van der Waals surface area contributed by atoms with Gasteiger partial charge in [-0.2, -0.15) is 0 Å². The van der Waals surface area contributed by atoms with Crippen molar-refractivity contribution in [3.63, 3.8) is 0 Å². The smallest absolute Gasteiger partial charge is 0.213 e. The molecule has 0 aliphatic carbocycles. The number of anilines is 1. The van der Waals surface area contributed by atoms with Gasteiger partial charge in [-0.05, 0) is 24.7 Å². The second kappa shape index (κ2) is 4.04. The molecule has 0 saturated carbocycles. The second-order valence-corrected chi connectivity index (χ2v) is 2.97. The molecule has 1 aromatic rings. The summed E-state index contributed by atoms with van der Waals surface area (Å²) in [5, 5.41) is 3.05. The highest BCUT2D eigenvalue weighted by molar-refractivity contribution is 7.80. The molecule has 3 N–H and O–H groups in total. The molecule has 5 heteroatoms. The van der Waals surface area contributed by atoms with Crippen LogP contribution in [0, 0.1) is 6.92 Å². The number of methoxy groups -OCH3 is 1. The predicted molar refractivity (Wildman–Crippen MR) is 55.9 cm³/mol. The van der Waals surface area contributed by atoms with Crippen molar-refractivity contribution < 1.29 is 4.74 Å². The average molecular weight is 197 g/mol. The van der Waals surface area contributed by atoms with Crippen LogP contribution in [-0.4, -0.2) is 17.2 Å². The Bertz CT molecular complexity index is 327. The zero-order valence-electron chi connectivity index (χ0n) is 7.50. The number of thiocarbonyl (C=S) groups is 1. The predicted octanol–water partition coefficient (Wildman–Crippen LogP) is 1.05. The molecule has 0 unspecified atom stereocenters. The summed E-state index contributed by atoms with van der Waals surface area (Å²) in [4.78, 5) is 4.01. The van der Waals surface area contributed by atoms with Crippen LogP contribution in [0.4, 0.5) is 5.69 Å². The summed E-state index contributed by atoms with van der Waals surface area (Å²) < 4.78 is 4.95. The van der Waals surface area contributed by atoms with Crippen LogP contribution in [0.25, 0.3) is 0 Å². The topological polar surface area (TPSA) is 60.2 Å². The maximum atomic E-state index is 5.33. The van der Waals surface area contributed by atoms with E-state index in [1.165, 1.54) is 0 Å². The maximum Gasteiger partial charge on any atom is 0.213 e. The molecule has 0 spiro atoms. The molecule has 1 rings (SSSR count). The van der Waals surface area contributed by atoms with Gasteiger partial charge in [-0.3, -0.25) is 0 Å². The van der Waals surface area contributed by atoms with Gasteiger partial charge >= 0.3 is 0 Å². The van der Waals surface area contributed by atoms with Crippen molar-refractivity contribution in [1.82, 2.24) is 4.98 Å². The highest BCUT2D eigenvalue weighted by atomic mass is 32.1. The van der Waals surface area contributed by atoms with E-state index >= 15 is 0 Å². The van der Waals surface area contributed by atoms with Gasteiger partial charge in [-0.25, -0.2) is 4.98 Å². The number of rotatable bonds is 2. The fraction of sp³-hybridized carbons (Fsp3) is 0.250. The summed E-state index contributed by atoms with van der Waals surface area (Å²) in [5.41, 5.74) is 7.11. The first-order valence-corrected chi connectivity index (χ1v) is 4.11. The van der Waals surface area contributed by atoms with E-state index in [0.29, 0.717) is 5.88 Å². The fourth-order valence-electron chi connectivity index (χ4n) is 0.905. The minimum absolute atomic E-state index is 0.232. The first-order valence-electron chi connectivity index (χ1n) is 3.70. The summed E-state index contributed by atoms with van der Waals surface area (Å²) >= 11 is 4.71. The third kappa shape index (κ3) is 2.55. The van der Waals surface area contributed by atoms with E-state index in [2.05, 4.69) is 10.3 Å². The third-order valence-electron chi connectivity index (χ3n) is 1.55.